The van der Waals surface area contributed by atoms with Crippen LogP contribution < -0.4 is 11.0 Å². The van der Waals surface area contributed by atoms with E-state index in [4.69, 9.17) is 10.4 Å². The topological polar surface area (TPSA) is 64.5 Å². The molecule has 0 spiro atoms. The number of nitrogens with one attached hydrogen (secondary N) is 2. The van der Waals surface area contributed by atoms with E-state index in [1.165, 1.54) is 0 Å². The van der Waals surface area contributed by atoms with Crippen LogP contribution in [0.25, 0.3) is 0 Å². The van der Waals surface area contributed by atoms with Gasteiger partial charge in [0.05, 0.1) is 11.6 Å². The molecule has 4 N–H and O–H groups in total. The van der Waals surface area contributed by atoms with Crippen molar-refractivity contribution in [3.8, 4) is 0 Å². The SMILES string of the molecule is CC[C@@H](NO)C(C)(C)NO. The first-order valence-corrected chi connectivity index (χ1v) is 3.39. The van der Waals surface area contributed by atoms with Crippen LogP contribution in [0.2, 0.25) is 0 Å². The van der Waals surface area contributed by atoms with Crippen molar-refractivity contribution in [3.63, 3.8) is 0 Å². The molecule has 0 heterocycles. The molecule has 62 valence electrons. The molecular weight excluding hydrogens is 132 g/mol. The summed E-state index contributed by atoms with van der Waals surface area (Å²) in [4.78, 5) is 0. The lowest BCUT2D eigenvalue weighted by Crippen LogP contribution is -2.53. The van der Waals surface area contributed by atoms with Crippen molar-refractivity contribution in [2.24, 2.45) is 0 Å². The zero-order chi connectivity index (χ0) is 8.20. The van der Waals surface area contributed by atoms with Crippen molar-refractivity contribution in [2.75, 3.05) is 0 Å². The summed E-state index contributed by atoms with van der Waals surface area (Å²) in [5.41, 5.74) is 3.74. The van der Waals surface area contributed by atoms with Gasteiger partial charge in [-0.15, -0.1) is 0 Å². The van der Waals surface area contributed by atoms with Gasteiger partial charge in [-0.2, -0.15) is 5.48 Å². The predicted molar refractivity (Wildman–Crippen MR) is 38.0 cm³/mol. The zero-order valence-electron chi connectivity index (χ0n) is 6.68. The first-order chi connectivity index (χ1) is 4.58. The van der Waals surface area contributed by atoms with Crippen LogP contribution in [-0.4, -0.2) is 22.0 Å². The van der Waals surface area contributed by atoms with Crippen molar-refractivity contribution in [3.05, 3.63) is 0 Å². The van der Waals surface area contributed by atoms with Gasteiger partial charge in [-0.3, -0.25) is 0 Å². The van der Waals surface area contributed by atoms with E-state index in [-0.39, 0.29) is 6.04 Å². The average molecular weight is 148 g/mol. The van der Waals surface area contributed by atoms with Crippen LogP contribution in [0.1, 0.15) is 27.2 Å². The molecule has 0 aromatic heterocycles. The van der Waals surface area contributed by atoms with Crippen LogP contribution in [0.4, 0.5) is 0 Å². The van der Waals surface area contributed by atoms with Gasteiger partial charge in [0.1, 0.15) is 0 Å². The molecule has 0 amide bonds. The molecule has 0 aromatic rings. The fourth-order valence-corrected chi connectivity index (χ4v) is 0.841. The molecule has 0 rings (SSSR count). The maximum atomic E-state index is 8.63. The highest BCUT2D eigenvalue weighted by molar-refractivity contribution is 4.85. The molecule has 1 atom stereocenters. The van der Waals surface area contributed by atoms with Gasteiger partial charge in [0.25, 0.3) is 0 Å². The largest absolute Gasteiger partial charge is 0.316 e. The fraction of sp³-hybridized carbons (Fsp3) is 1.00. The van der Waals surface area contributed by atoms with Gasteiger partial charge in [-0.25, -0.2) is 5.48 Å². The summed E-state index contributed by atoms with van der Waals surface area (Å²) in [6.45, 7) is 5.52. The van der Waals surface area contributed by atoms with Gasteiger partial charge >= 0.3 is 0 Å². The second-order valence-electron chi connectivity index (χ2n) is 2.92. The molecule has 10 heavy (non-hydrogen) atoms. The van der Waals surface area contributed by atoms with E-state index >= 15 is 0 Å². The van der Waals surface area contributed by atoms with Crippen LogP contribution in [-0.2, 0) is 0 Å². The number of hydrogen-bond acceptors (Lipinski definition) is 4. The molecule has 0 aromatic carbocycles. The van der Waals surface area contributed by atoms with Crippen molar-refractivity contribution in [1.82, 2.24) is 11.0 Å². The lowest BCUT2D eigenvalue weighted by atomic mass is 9.94. The number of hydroxylamine groups is 2. The summed E-state index contributed by atoms with van der Waals surface area (Å²) in [5, 5.41) is 17.2. The lowest BCUT2D eigenvalue weighted by Gasteiger charge is -2.30. The predicted octanol–water partition coefficient (Wildman–Crippen LogP) is 0.501. The monoisotopic (exact) mass is 148 g/mol. The van der Waals surface area contributed by atoms with Crippen molar-refractivity contribution in [2.45, 2.75) is 38.8 Å². The van der Waals surface area contributed by atoms with Crippen LogP contribution in [0.15, 0.2) is 0 Å². The maximum absolute atomic E-state index is 8.63. The Morgan fingerprint density at radius 1 is 1.40 bits per heavy atom. The van der Waals surface area contributed by atoms with Gasteiger partial charge in [0.2, 0.25) is 0 Å². The smallest absolute Gasteiger partial charge is 0.0549 e. The van der Waals surface area contributed by atoms with Gasteiger partial charge in [-0.1, -0.05) is 6.92 Å². The second kappa shape index (κ2) is 3.88. The summed E-state index contributed by atoms with van der Waals surface area (Å²) < 4.78 is 0. The summed E-state index contributed by atoms with van der Waals surface area (Å²) in [5.74, 6) is 0. The summed E-state index contributed by atoms with van der Waals surface area (Å²) in [6.07, 6.45) is 0.747. The van der Waals surface area contributed by atoms with Gasteiger partial charge < -0.3 is 10.4 Å². The molecule has 0 aliphatic rings. The highest BCUT2D eigenvalue weighted by Crippen LogP contribution is 2.10. The summed E-state index contributed by atoms with van der Waals surface area (Å²) in [6, 6.07) is -0.141. The highest BCUT2D eigenvalue weighted by Gasteiger charge is 2.26. The molecule has 4 nitrogen and oxygen atoms in total. The third kappa shape index (κ3) is 2.22. The van der Waals surface area contributed by atoms with Gasteiger partial charge in [-0.05, 0) is 20.3 Å². The maximum Gasteiger partial charge on any atom is 0.0549 e. The molecule has 4 heteroatoms. The molecule has 0 fully saturated rings. The Morgan fingerprint density at radius 2 is 1.90 bits per heavy atom. The molecule has 0 saturated heterocycles. The number of hydrogen-bond donors (Lipinski definition) is 4. The Morgan fingerprint density at radius 3 is 2.00 bits per heavy atom. The van der Waals surface area contributed by atoms with Crippen molar-refractivity contribution >= 4 is 0 Å². The first-order valence-electron chi connectivity index (χ1n) is 3.39. The van der Waals surface area contributed by atoms with Crippen LogP contribution in [0.3, 0.4) is 0 Å². The van der Waals surface area contributed by atoms with E-state index < -0.39 is 5.54 Å². The number of rotatable bonds is 4. The Bertz CT molecular complexity index is 91.7. The van der Waals surface area contributed by atoms with E-state index in [0.717, 1.165) is 6.42 Å². The summed E-state index contributed by atoms with van der Waals surface area (Å²) in [7, 11) is 0. The first kappa shape index (κ1) is 9.84. The normalized spacial score (nSPS) is 15.3. The van der Waals surface area contributed by atoms with Gasteiger partial charge in [0.15, 0.2) is 0 Å². The minimum Gasteiger partial charge on any atom is -0.316 e. The van der Waals surface area contributed by atoms with E-state index in [2.05, 4.69) is 11.0 Å². The minimum atomic E-state index is -0.497. The summed E-state index contributed by atoms with van der Waals surface area (Å²) >= 11 is 0. The molecule has 0 bridgehead atoms. The molecule has 0 aliphatic heterocycles. The average Bonchev–Trinajstić information content (AvgIpc) is 1.90. The third-order valence-corrected chi connectivity index (χ3v) is 1.72. The zero-order valence-corrected chi connectivity index (χ0v) is 6.68. The van der Waals surface area contributed by atoms with E-state index in [1.54, 1.807) is 13.8 Å². The lowest BCUT2D eigenvalue weighted by molar-refractivity contribution is 0.0101. The van der Waals surface area contributed by atoms with E-state index in [1.807, 2.05) is 6.92 Å². The Hall–Kier alpha value is -0.160. The molecular formula is C6H16N2O2. The Labute approximate surface area is 61.2 Å². The van der Waals surface area contributed by atoms with Crippen LogP contribution in [0, 0.1) is 0 Å². The molecule has 0 radical (unpaired) electrons. The molecule has 0 aliphatic carbocycles. The van der Waals surface area contributed by atoms with Crippen molar-refractivity contribution < 1.29 is 10.4 Å². The van der Waals surface area contributed by atoms with Crippen molar-refractivity contribution in [1.29, 1.82) is 0 Å². The van der Waals surface area contributed by atoms with Crippen LogP contribution in [0.5, 0.6) is 0 Å². The second-order valence-corrected chi connectivity index (χ2v) is 2.92. The Balaban J connectivity index is 3.97. The quantitative estimate of drug-likeness (QED) is 0.438. The fourth-order valence-electron chi connectivity index (χ4n) is 0.841. The van der Waals surface area contributed by atoms with Gasteiger partial charge in [0, 0.05) is 0 Å². The standard InChI is InChI=1S/C6H16N2O2/c1-4-5(7-9)6(2,3)8-10/h5,7-10H,4H2,1-3H3/t5-/m1/s1. The Kier molecular flexibility index (Phi) is 3.81. The van der Waals surface area contributed by atoms with E-state index in [9.17, 15) is 0 Å². The highest BCUT2D eigenvalue weighted by atomic mass is 16.5. The minimum absolute atomic E-state index is 0.141. The third-order valence-electron chi connectivity index (χ3n) is 1.72. The van der Waals surface area contributed by atoms with Crippen LogP contribution >= 0.6 is 0 Å². The molecule has 0 saturated carbocycles. The molecule has 0 unspecified atom stereocenters. The van der Waals surface area contributed by atoms with E-state index in [0.29, 0.717) is 0 Å².